The minimum Gasteiger partial charge on any atom is -0.770 e. The van der Waals surface area contributed by atoms with E-state index in [0.717, 1.165) is 19.4 Å². The molecule has 6 nitrogen and oxygen atoms in total. The third kappa shape index (κ3) is 1.61. The third-order valence-corrected chi connectivity index (χ3v) is 5.18. The maximum absolute atomic E-state index is 12.5. The van der Waals surface area contributed by atoms with E-state index in [1.54, 1.807) is 0 Å². The Kier molecular flexibility index (Phi) is 2.82. The predicted octanol–water partition coefficient (Wildman–Crippen LogP) is 1.20. The first kappa shape index (κ1) is 12.1. The first-order chi connectivity index (χ1) is 9.31. The summed E-state index contributed by atoms with van der Waals surface area (Å²) in [4.78, 5) is 0. The summed E-state index contributed by atoms with van der Waals surface area (Å²) in [6.45, 7) is 3.06. The van der Waals surface area contributed by atoms with Gasteiger partial charge in [-0.15, -0.1) is 5.12 Å². The second kappa shape index (κ2) is 4.43. The standard InChI is InChI=1S/C13H22N5O/c1-2-11-13-10-6-3-4-7-12(10)18(19)17(13)14-16-9-5-8-15(11)16/h5,8,10-14H,2-4,6-7,9H2,1H3/q-1. The summed E-state index contributed by atoms with van der Waals surface area (Å²) in [5.41, 5.74) is 3.29. The Hall–Kier alpha value is -0.660. The Morgan fingerprint density at radius 1 is 1.32 bits per heavy atom. The lowest BCUT2D eigenvalue weighted by Crippen LogP contribution is -2.70. The summed E-state index contributed by atoms with van der Waals surface area (Å²) in [7, 11) is 0. The Morgan fingerprint density at radius 2 is 2.16 bits per heavy atom. The van der Waals surface area contributed by atoms with E-state index in [0.29, 0.717) is 18.0 Å². The van der Waals surface area contributed by atoms with Gasteiger partial charge in [-0.3, -0.25) is 10.2 Å². The van der Waals surface area contributed by atoms with Gasteiger partial charge in [-0.2, -0.15) is 10.7 Å². The molecule has 3 fully saturated rings. The fourth-order valence-corrected chi connectivity index (χ4v) is 4.36. The van der Waals surface area contributed by atoms with Crippen molar-refractivity contribution in [3.63, 3.8) is 0 Å². The summed E-state index contributed by atoms with van der Waals surface area (Å²) < 4.78 is 0. The van der Waals surface area contributed by atoms with Crippen LogP contribution in [0.1, 0.15) is 39.0 Å². The fraction of sp³-hybridized carbons (Fsp3) is 0.846. The van der Waals surface area contributed by atoms with Crippen LogP contribution in [0.5, 0.6) is 0 Å². The van der Waals surface area contributed by atoms with Crippen LogP contribution in [0.15, 0.2) is 12.3 Å². The van der Waals surface area contributed by atoms with Crippen molar-refractivity contribution >= 4 is 0 Å². The van der Waals surface area contributed by atoms with Crippen LogP contribution in [0.25, 0.3) is 0 Å². The lowest BCUT2D eigenvalue weighted by atomic mass is 9.78. The van der Waals surface area contributed by atoms with Gasteiger partial charge in [0.1, 0.15) is 0 Å². The minimum absolute atomic E-state index is 0.186. The largest absolute Gasteiger partial charge is 0.770 e. The predicted molar refractivity (Wildman–Crippen MR) is 71.5 cm³/mol. The first-order valence-electron chi connectivity index (χ1n) is 7.55. The monoisotopic (exact) mass is 264 g/mol. The molecule has 0 bridgehead atoms. The van der Waals surface area contributed by atoms with Gasteiger partial charge in [-0.1, -0.05) is 19.8 Å². The van der Waals surface area contributed by atoms with E-state index < -0.39 is 0 Å². The molecule has 0 aromatic rings. The fourth-order valence-electron chi connectivity index (χ4n) is 4.36. The van der Waals surface area contributed by atoms with Crippen molar-refractivity contribution in [2.75, 3.05) is 6.54 Å². The molecule has 0 spiro atoms. The van der Waals surface area contributed by atoms with Gasteiger partial charge in [0.15, 0.2) is 0 Å². The quantitative estimate of drug-likeness (QED) is 0.768. The van der Waals surface area contributed by atoms with E-state index in [9.17, 15) is 5.21 Å². The molecule has 4 aliphatic rings. The van der Waals surface area contributed by atoms with E-state index in [1.165, 1.54) is 24.4 Å². The van der Waals surface area contributed by atoms with Crippen LogP contribution < -0.4 is 5.53 Å². The highest BCUT2D eigenvalue weighted by Gasteiger charge is 2.52. The Morgan fingerprint density at radius 3 is 3.00 bits per heavy atom. The average Bonchev–Trinajstić information content (AvgIpc) is 3.02. The zero-order valence-electron chi connectivity index (χ0n) is 11.4. The lowest BCUT2D eigenvalue weighted by Gasteiger charge is -2.52. The highest BCUT2D eigenvalue weighted by Crippen LogP contribution is 2.43. The van der Waals surface area contributed by atoms with Gasteiger partial charge in [-0.25, -0.2) is 0 Å². The second-order valence-electron chi connectivity index (χ2n) is 6.08. The molecule has 3 aliphatic heterocycles. The molecule has 4 atom stereocenters. The molecule has 4 unspecified atom stereocenters. The van der Waals surface area contributed by atoms with Crippen LogP contribution in [-0.4, -0.2) is 45.1 Å². The van der Waals surface area contributed by atoms with Crippen molar-refractivity contribution in [3.8, 4) is 0 Å². The number of hydrogen-bond donors (Lipinski definition) is 1. The lowest BCUT2D eigenvalue weighted by molar-refractivity contribution is -0.230. The number of hydrogen-bond acceptors (Lipinski definition) is 6. The van der Waals surface area contributed by atoms with Crippen molar-refractivity contribution in [1.29, 1.82) is 0 Å². The van der Waals surface area contributed by atoms with Gasteiger partial charge in [0.25, 0.3) is 0 Å². The van der Waals surface area contributed by atoms with Crippen molar-refractivity contribution in [2.45, 2.75) is 57.2 Å². The molecule has 4 rings (SSSR count). The summed E-state index contributed by atoms with van der Waals surface area (Å²) in [6.07, 6.45) is 10.1. The van der Waals surface area contributed by atoms with Gasteiger partial charge in [0.2, 0.25) is 0 Å². The second-order valence-corrected chi connectivity index (χ2v) is 6.08. The molecule has 2 saturated heterocycles. The molecule has 0 aromatic heterocycles. The first-order valence-corrected chi connectivity index (χ1v) is 7.55. The topological polar surface area (TPSA) is 48.1 Å². The number of hydroxylamine groups is 1. The molecule has 19 heavy (non-hydrogen) atoms. The van der Waals surface area contributed by atoms with Gasteiger partial charge in [-0.05, 0) is 31.3 Å². The van der Waals surface area contributed by atoms with Crippen molar-refractivity contribution in [3.05, 3.63) is 17.5 Å². The number of rotatable bonds is 1. The van der Waals surface area contributed by atoms with Crippen LogP contribution in [-0.2, 0) is 0 Å². The van der Waals surface area contributed by atoms with E-state index >= 15 is 0 Å². The molecule has 106 valence electrons. The van der Waals surface area contributed by atoms with E-state index in [1.807, 2.05) is 10.2 Å². The van der Waals surface area contributed by atoms with Crippen molar-refractivity contribution < 1.29 is 0 Å². The molecule has 0 radical (unpaired) electrons. The Labute approximate surface area is 114 Å². The van der Waals surface area contributed by atoms with E-state index in [4.69, 9.17) is 0 Å². The van der Waals surface area contributed by atoms with Crippen LogP contribution >= 0.6 is 0 Å². The van der Waals surface area contributed by atoms with Gasteiger partial charge < -0.3 is 5.21 Å². The zero-order chi connectivity index (χ0) is 13.0. The third-order valence-electron chi connectivity index (χ3n) is 5.18. The molecule has 6 heteroatoms. The average molecular weight is 264 g/mol. The number of nitrogens with zero attached hydrogens (tertiary/aromatic N) is 4. The van der Waals surface area contributed by atoms with Gasteiger partial charge in [0, 0.05) is 12.2 Å². The normalized spacial score (nSPS) is 43.4. The van der Waals surface area contributed by atoms with Crippen LogP contribution in [0.3, 0.4) is 0 Å². The van der Waals surface area contributed by atoms with Crippen LogP contribution in [0, 0.1) is 11.1 Å². The summed E-state index contributed by atoms with van der Waals surface area (Å²) >= 11 is 0. The molecule has 1 saturated carbocycles. The van der Waals surface area contributed by atoms with Crippen molar-refractivity contribution in [1.82, 2.24) is 26.0 Å². The number of nitrogens with one attached hydrogen (secondary N) is 1. The highest BCUT2D eigenvalue weighted by molar-refractivity contribution is 5.06. The minimum atomic E-state index is 0.186. The zero-order valence-corrected chi connectivity index (χ0v) is 11.4. The number of hydrazine groups is 4. The summed E-state index contributed by atoms with van der Waals surface area (Å²) in [5, 5.41) is 20.0. The van der Waals surface area contributed by atoms with E-state index in [-0.39, 0.29) is 6.04 Å². The molecule has 1 N–H and O–H groups in total. The van der Waals surface area contributed by atoms with Crippen molar-refractivity contribution in [2.24, 2.45) is 5.92 Å². The highest BCUT2D eigenvalue weighted by atomic mass is 16.6. The molecule has 0 amide bonds. The summed E-state index contributed by atoms with van der Waals surface area (Å²) in [6, 6.07) is 0.904. The van der Waals surface area contributed by atoms with Crippen LogP contribution in [0.4, 0.5) is 0 Å². The van der Waals surface area contributed by atoms with Gasteiger partial charge in [0.05, 0.1) is 18.6 Å². The molecule has 1 aliphatic carbocycles. The summed E-state index contributed by atoms with van der Waals surface area (Å²) in [5.74, 6) is 0.514. The van der Waals surface area contributed by atoms with E-state index in [2.05, 4.69) is 29.7 Å². The molecular formula is C13H22N5O-. The maximum Gasteiger partial charge on any atom is 0.0669 e. The molecule has 3 heterocycles. The smallest absolute Gasteiger partial charge is 0.0669 e. The Bertz CT molecular complexity index is 389. The molecular weight excluding hydrogens is 242 g/mol. The number of fused-ring (bicyclic) bond motifs is 4. The Balaban J connectivity index is 1.68. The SMILES string of the molecule is CCC1C2C3CCCCC3N([O-])N2NN2CC=CN12. The van der Waals surface area contributed by atoms with Crippen LogP contribution in [0.2, 0.25) is 0 Å². The maximum atomic E-state index is 12.5. The molecule has 0 aromatic carbocycles. The van der Waals surface area contributed by atoms with Gasteiger partial charge >= 0.3 is 0 Å².